The van der Waals surface area contributed by atoms with Crippen LogP contribution in [-0.2, 0) is 6.42 Å². The minimum Gasteiger partial charge on any atom is -0.359 e. The van der Waals surface area contributed by atoms with Crippen LogP contribution in [0.2, 0.25) is 0 Å². The second-order valence-corrected chi connectivity index (χ2v) is 4.51. The summed E-state index contributed by atoms with van der Waals surface area (Å²) in [5.41, 5.74) is 3.55. The highest BCUT2D eigenvalue weighted by Gasteiger charge is 2.15. The number of H-pyrrole nitrogens is 1. The van der Waals surface area contributed by atoms with Gasteiger partial charge in [-0.2, -0.15) is 0 Å². The van der Waals surface area contributed by atoms with Gasteiger partial charge in [0.2, 0.25) is 0 Å². The van der Waals surface area contributed by atoms with Crippen molar-refractivity contribution in [3.63, 3.8) is 0 Å². The van der Waals surface area contributed by atoms with Crippen LogP contribution in [0.3, 0.4) is 0 Å². The number of amides is 1. The summed E-state index contributed by atoms with van der Waals surface area (Å²) in [7, 11) is 0. The Morgan fingerprint density at radius 3 is 3.10 bits per heavy atom. The molecule has 0 saturated heterocycles. The maximum Gasteiger partial charge on any atom is 0.255 e. The van der Waals surface area contributed by atoms with Crippen molar-refractivity contribution in [3.8, 4) is 0 Å². The number of carbonyl (C=O) groups excluding carboxylic acids is 1. The molecule has 1 amide bonds. The summed E-state index contributed by atoms with van der Waals surface area (Å²) in [5, 5.41) is 6.72. The largest absolute Gasteiger partial charge is 0.359 e. The molecule has 0 aliphatic heterocycles. The van der Waals surface area contributed by atoms with Gasteiger partial charge in [0.1, 0.15) is 11.4 Å². The standard InChI is InChI=1S/C14H14N4O2/c1-3-12-13(8(2)18-20-12)17-14(19)9-4-5-10-11(6-9)16-7-15-10/h4-7H,3H2,1-2H3,(H,15,16)(H,17,19). The number of anilines is 1. The SMILES string of the molecule is CCc1onc(C)c1NC(=O)c1ccc2nc[nH]c2c1. The number of benzene rings is 1. The Balaban J connectivity index is 1.90. The maximum absolute atomic E-state index is 12.3. The molecular weight excluding hydrogens is 256 g/mol. The van der Waals surface area contributed by atoms with Gasteiger partial charge in [0.25, 0.3) is 5.91 Å². The number of nitrogens with one attached hydrogen (secondary N) is 2. The van der Waals surface area contributed by atoms with Crippen LogP contribution in [0.25, 0.3) is 11.0 Å². The quantitative estimate of drug-likeness (QED) is 0.766. The van der Waals surface area contributed by atoms with Crippen LogP contribution < -0.4 is 5.32 Å². The van der Waals surface area contributed by atoms with Gasteiger partial charge in [-0.25, -0.2) is 4.98 Å². The monoisotopic (exact) mass is 270 g/mol. The summed E-state index contributed by atoms with van der Waals surface area (Å²) in [6.45, 7) is 3.75. The number of hydrogen-bond donors (Lipinski definition) is 2. The van der Waals surface area contributed by atoms with E-state index in [1.165, 1.54) is 0 Å². The average molecular weight is 270 g/mol. The van der Waals surface area contributed by atoms with Gasteiger partial charge in [0.05, 0.1) is 17.4 Å². The molecule has 0 saturated carbocycles. The highest BCUT2D eigenvalue weighted by molar-refractivity contribution is 6.06. The third-order valence-electron chi connectivity index (χ3n) is 3.18. The van der Waals surface area contributed by atoms with Gasteiger partial charge in [-0.15, -0.1) is 0 Å². The molecule has 0 aliphatic carbocycles. The molecule has 0 unspecified atom stereocenters. The third-order valence-corrected chi connectivity index (χ3v) is 3.18. The lowest BCUT2D eigenvalue weighted by atomic mass is 10.1. The number of aromatic amines is 1. The number of aryl methyl sites for hydroxylation is 2. The number of hydrogen-bond acceptors (Lipinski definition) is 4. The lowest BCUT2D eigenvalue weighted by molar-refractivity contribution is 0.102. The molecule has 102 valence electrons. The molecule has 2 aromatic heterocycles. The van der Waals surface area contributed by atoms with E-state index in [1.54, 1.807) is 25.4 Å². The Labute approximate surface area is 115 Å². The topological polar surface area (TPSA) is 83.8 Å². The molecule has 0 radical (unpaired) electrons. The summed E-state index contributed by atoms with van der Waals surface area (Å²) in [5.74, 6) is 0.487. The van der Waals surface area contributed by atoms with Crippen molar-refractivity contribution in [1.29, 1.82) is 0 Å². The van der Waals surface area contributed by atoms with E-state index in [0.29, 0.717) is 29.1 Å². The van der Waals surface area contributed by atoms with Crippen molar-refractivity contribution in [2.75, 3.05) is 5.32 Å². The number of carbonyl (C=O) groups is 1. The zero-order valence-electron chi connectivity index (χ0n) is 11.2. The molecular formula is C14H14N4O2. The van der Waals surface area contributed by atoms with E-state index in [9.17, 15) is 4.79 Å². The fourth-order valence-corrected chi connectivity index (χ4v) is 2.08. The number of aromatic nitrogens is 3. The van der Waals surface area contributed by atoms with E-state index in [2.05, 4.69) is 20.4 Å². The van der Waals surface area contributed by atoms with E-state index in [0.717, 1.165) is 11.0 Å². The van der Waals surface area contributed by atoms with Crippen molar-refractivity contribution in [1.82, 2.24) is 15.1 Å². The Morgan fingerprint density at radius 2 is 2.30 bits per heavy atom. The Kier molecular flexibility index (Phi) is 2.98. The molecule has 6 nitrogen and oxygen atoms in total. The molecule has 20 heavy (non-hydrogen) atoms. The number of nitrogens with zero attached hydrogens (tertiary/aromatic N) is 2. The van der Waals surface area contributed by atoms with E-state index < -0.39 is 0 Å². The smallest absolute Gasteiger partial charge is 0.255 e. The van der Waals surface area contributed by atoms with Gasteiger partial charge in [0, 0.05) is 12.0 Å². The first-order chi connectivity index (χ1) is 9.69. The molecule has 6 heteroatoms. The summed E-state index contributed by atoms with van der Waals surface area (Å²) >= 11 is 0. The predicted molar refractivity (Wildman–Crippen MR) is 74.7 cm³/mol. The second-order valence-electron chi connectivity index (χ2n) is 4.51. The highest BCUT2D eigenvalue weighted by Crippen LogP contribution is 2.21. The third kappa shape index (κ3) is 2.05. The number of imidazole rings is 1. The van der Waals surface area contributed by atoms with Crippen LogP contribution in [0, 0.1) is 6.92 Å². The fourth-order valence-electron chi connectivity index (χ4n) is 2.08. The molecule has 0 aliphatic rings. The zero-order chi connectivity index (χ0) is 14.1. The second kappa shape index (κ2) is 4.80. The lowest BCUT2D eigenvalue weighted by Crippen LogP contribution is -2.13. The van der Waals surface area contributed by atoms with Crippen molar-refractivity contribution >= 4 is 22.6 Å². The first kappa shape index (κ1) is 12.4. The van der Waals surface area contributed by atoms with Crippen molar-refractivity contribution in [2.45, 2.75) is 20.3 Å². The van der Waals surface area contributed by atoms with Crippen LogP contribution in [0.4, 0.5) is 5.69 Å². The maximum atomic E-state index is 12.3. The molecule has 1 aromatic carbocycles. The minimum absolute atomic E-state index is 0.192. The molecule has 0 spiro atoms. The lowest BCUT2D eigenvalue weighted by Gasteiger charge is -2.05. The Morgan fingerprint density at radius 1 is 1.45 bits per heavy atom. The normalized spacial score (nSPS) is 10.9. The van der Waals surface area contributed by atoms with Gasteiger partial charge in [-0.1, -0.05) is 12.1 Å². The van der Waals surface area contributed by atoms with Gasteiger partial charge in [0.15, 0.2) is 5.76 Å². The summed E-state index contributed by atoms with van der Waals surface area (Å²) in [6, 6.07) is 5.32. The van der Waals surface area contributed by atoms with E-state index in [1.807, 2.05) is 13.0 Å². The molecule has 3 rings (SSSR count). The van der Waals surface area contributed by atoms with Gasteiger partial charge >= 0.3 is 0 Å². The van der Waals surface area contributed by atoms with Crippen LogP contribution in [0.15, 0.2) is 29.0 Å². The zero-order valence-corrected chi connectivity index (χ0v) is 11.2. The van der Waals surface area contributed by atoms with Crippen molar-refractivity contribution < 1.29 is 9.32 Å². The van der Waals surface area contributed by atoms with Crippen molar-refractivity contribution in [2.24, 2.45) is 0 Å². The van der Waals surface area contributed by atoms with Crippen LogP contribution in [0.5, 0.6) is 0 Å². The number of fused-ring (bicyclic) bond motifs is 1. The number of rotatable bonds is 3. The van der Waals surface area contributed by atoms with Gasteiger partial charge in [-0.05, 0) is 25.1 Å². The molecule has 0 fully saturated rings. The van der Waals surface area contributed by atoms with Gasteiger partial charge < -0.3 is 14.8 Å². The predicted octanol–water partition coefficient (Wildman–Crippen LogP) is 2.67. The van der Waals surface area contributed by atoms with Crippen LogP contribution in [0.1, 0.15) is 28.7 Å². The average Bonchev–Trinajstić information content (AvgIpc) is 3.05. The Bertz CT molecular complexity index is 772. The van der Waals surface area contributed by atoms with E-state index in [-0.39, 0.29) is 5.91 Å². The summed E-state index contributed by atoms with van der Waals surface area (Å²) < 4.78 is 5.16. The molecule has 2 heterocycles. The highest BCUT2D eigenvalue weighted by atomic mass is 16.5. The van der Waals surface area contributed by atoms with E-state index >= 15 is 0 Å². The molecule has 0 atom stereocenters. The first-order valence-corrected chi connectivity index (χ1v) is 6.38. The molecule has 0 bridgehead atoms. The van der Waals surface area contributed by atoms with Gasteiger partial charge in [-0.3, -0.25) is 4.79 Å². The van der Waals surface area contributed by atoms with Crippen LogP contribution >= 0.6 is 0 Å². The van der Waals surface area contributed by atoms with Crippen molar-refractivity contribution in [3.05, 3.63) is 41.5 Å². The molecule has 2 N–H and O–H groups in total. The summed E-state index contributed by atoms with van der Waals surface area (Å²) in [6.07, 6.45) is 2.28. The fraction of sp³-hybridized carbons (Fsp3) is 0.214. The summed E-state index contributed by atoms with van der Waals surface area (Å²) in [4.78, 5) is 19.4. The first-order valence-electron chi connectivity index (χ1n) is 6.38. The van der Waals surface area contributed by atoms with E-state index in [4.69, 9.17) is 4.52 Å². The van der Waals surface area contributed by atoms with Crippen LogP contribution in [-0.4, -0.2) is 21.0 Å². The Hall–Kier alpha value is -2.63. The molecule has 3 aromatic rings. The minimum atomic E-state index is -0.192.